The highest BCUT2D eigenvalue weighted by Gasteiger charge is 2.32. The topological polar surface area (TPSA) is 359 Å². The van der Waals surface area contributed by atoms with E-state index < -0.39 is 96.1 Å². The Bertz CT molecular complexity index is 2000. The molecule has 0 aromatic heterocycles. The number of nitrogens with one attached hydrogen (secondary N) is 4. The summed E-state index contributed by atoms with van der Waals surface area (Å²) in [7, 11) is -9.06. The van der Waals surface area contributed by atoms with Crippen LogP contribution in [0.4, 0.5) is 0 Å². The smallest absolute Gasteiger partial charge is 0.339 e. The van der Waals surface area contributed by atoms with Gasteiger partial charge in [0.05, 0.1) is 4.90 Å². The van der Waals surface area contributed by atoms with Crippen molar-refractivity contribution in [2.75, 3.05) is 6.54 Å². The van der Waals surface area contributed by atoms with Crippen LogP contribution in [0.3, 0.4) is 0 Å². The van der Waals surface area contributed by atoms with Gasteiger partial charge in [-0.2, -0.15) is 16.8 Å². The number of hydrogen-bond acceptors (Lipinski definition) is 12. The number of benzene rings is 2. The molecule has 21 nitrogen and oxygen atoms in total. The fourth-order valence-corrected chi connectivity index (χ4v) is 6.58. The van der Waals surface area contributed by atoms with E-state index in [1.165, 1.54) is 24.3 Å². The number of nitrogens with zero attached hydrogens (tertiary/aromatic N) is 1. The lowest BCUT2D eigenvalue weighted by Crippen LogP contribution is -2.58. The summed E-state index contributed by atoms with van der Waals surface area (Å²) in [5, 5.41) is 19.1. The Hall–Kier alpha value is -5.81. The molecule has 2 aromatic carbocycles. The largest absolute Gasteiger partial charge is 0.481 e. The number of aliphatic imine (C=N–C) groups is 1. The van der Waals surface area contributed by atoms with Gasteiger partial charge in [0.2, 0.25) is 29.5 Å². The van der Waals surface area contributed by atoms with Gasteiger partial charge in [-0.3, -0.25) is 38.3 Å². The molecule has 0 aliphatic rings. The van der Waals surface area contributed by atoms with E-state index in [1.807, 2.05) is 0 Å². The van der Waals surface area contributed by atoms with Crippen LogP contribution in [0.1, 0.15) is 58.4 Å². The molecular weight excluding hydrogens is 793 g/mol. The number of guanidine groups is 1. The van der Waals surface area contributed by atoms with Crippen LogP contribution >= 0.6 is 0 Å². The van der Waals surface area contributed by atoms with Crippen LogP contribution in [0, 0.1) is 5.92 Å². The molecule has 57 heavy (non-hydrogen) atoms. The van der Waals surface area contributed by atoms with Crippen LogP contribution in [-0.2, 0) is 55.4 Å². The molecule has 4 atom stereocenters. The monoisotopic (exact) mass is 840 g/mol. The summed E-state index contributed by atoms with van der Waals surface area (Å²) in [6.07, 6.45) is -0.695. The lowest BCUT2D eigenvalue weighted by Gasteiger charge is -2.27. The molecule has 0 aliphatic heterocycles. The minimum Gasteiger partial charge on any atom is -0.481 e. The Labute approximate surface area is 329 Å². The van der Waals surface area contributed by atoms with Crippen molar-refractivity contribution in [3.63, 3.8) is 0 Å². The predicted molar refractivity (Wildman–Crippen MR) is 203 cm³/mol. The molecule has 0 fully saturated rings. The van der Waals surface area contributed by atoms with Gasteiger partial charge >= 0.3 is 16.1 Å². The van der Waals surface area contributed by atoms with Crippen LogP contribution in [0.2, 0.25) is 0 Å². The van der Waals surface area contributed by atoms with E-state index in [4.69, 9.17) is 25.9 Å². The Morgan fingerprint density at radius 3 is 1.77 bits per heavy atom. The van der Waals surface area contributed by atoms with E-state index in [1.54, 1.807) is 13.8 Å². The summed E-state index contributed by atoms with van der Waals surface area (Å²) >= 11 is 0. The fraction of sp³-hybridized carbons (Fsp3) is 0.441. The number of hydrogen-bond donors (Lipinski definition) is 9. The third-order valence-electron chi connectivity index (χ3n) is 7.90. The zero-order valence-corrected chi connectivity index (χ0v) is 33.0. The second kappa shape index (κ2) is 21.5. The first-order valence-electron chi connectivity index (χ1n) is 17.3. The lowest BCUT2D eigenvalue weighted by molar-refractivity contribution is -0.138. The molecule has 314 valence electrons. The molecule has 12 N–H and O–H groups in total. The molecule has 0 saturated carbocycles. The van der Waals surface area contributed by atoms with Gasteiger partial charge in [-0.1, -0.05) is 26.0 Å². The Balaban J connectivity index is 2.39. The summed E-state index contributed by atoms with van der Waals surface area (Å²) in [4.78, 5) is 78.9. The minimum absolute atomic E-state index is 0.0705. The number of nitrogens with two attached hydrogens (primary N) is 3. The van der Waals surface area contributed by atoms with Gasteiger partial charge in [0, 0.05) is 26.3 Å². The highest BCUT2D eigenvalue weighted by atomic mass is 32.2. The SMILES string of the molecule is CC(=O)N[C@@H](CCC(=O)O)C(=O)N[C@@H](Cc1ccc(OS(=O)(=O)c2ccc(S(=O)(=O)O)cc2)cc1)C(=O)N[C@@H](CC(C)C)C(=O)N[C@@H](CCCN=C(N)N)C(N)=O. The Morgan fingerprint density at radius 1 is 0.737 bits per heavy atom. The van der Waals surface area contributed by atoms with Crippen molar-refractivity contribution in [3.8, 4) is 5.75 Å². The molecule has 0 aliphatic carbocycles. The lowest BCUT2D eigenvalue weighted by atomic mass is 10.00. The van der Waals surface area contributed by atoms with Crippen molar-refractivity contribution in [3.05, 3.63) is 54.1 Å². The minimum atomic E-state index is -4.58. The molecular formula is C34H48N8O13S2. The van der Waals surface area contributed by atoms with Crippen molar-refractivity contribution in [2.45, 2.75) is 93.3 Å². The van der Waals surface area contributed by atoms with Crippen molar-refractivity contribution < 1.29 is 59.4 Å². The zero-order valence-electron chi connectivity index (χ0n) is 31.3. The molecule has 23 heteroatoms. The van der Waals surface area contributed by atoms with Crippen molar-refractivity contribution in [2.24, 2.45) is 28.1 Å². The van der Waals surface area contributed by atoms with E-state index >= 15 is 0 Å². The van der Waals surface area contributed by atoms with Crippen LogP contribution in [0.15, 0.2) is 63.3 Å². The molecule has 0 radical (unpaired) electrons. The maximum Gasteiger partial charge on any atom is 0.339 e. The van der Waals surface area contributed by atoms with Gasteiger partial charge < -0.3 is 47.8 Å². The average Bonchev–Trinajstić information content (AvgIpc) is 3.10. The second-order valence-electron chi connectivity index (χ2n) is 13.2. The number of amides is 5. The quantitative estimate of drug-likeness (QED) is 0.0205. The number of aliphatic carboxylic acids is 1. The molecule has 0 unspecified atom stereocenters. The third kappa shape index (κ3) is 16.8. The normalized spacial score (nSPS) is 13.6. The van der Waals surface area contributed by atoms with Gasteiger partial charge in [0.15, 0.2) is 5.96 Å². The summed E-state index contributed by atoms with van der Waals surface area (Å²) < 4.78 is 62.6. The standard InChI is InChI=1S/C34H48N8O13S2/c1-19(2)17-27(32(48)40-25(30(35)46)5-4-16-38-34(36)37)41-33(49)28(42-31(47)26(39-20(3)43)14-15-29(44)45)18-21-6-8-22(9-7-21)55-57(53,54)24-12-10-23(11-13-24)56(50,51)52/h6-13,19,25-28H,4-5,14-18H2,1-3H3,(H2,35,46)(H,39,43)(H,40,48)(H,41,49)(H,42,47)(H,44,45)(H4,36,37,38)(H,50,51,52)/t25-,26-,27-,28-/m0/s1. The predicted octanol–water partition coefficient (Wildman–Crippen LogP) is -1.35. The van der Waals surface area contributed by atoms with E-state index in [-0.39, 0.29) is 56.3 Å². The Morgan fingerprint density at radius 2 is 1.26 bits per heavy atom. The maximum absolute atomic E-state index is 13.9. The summed E-state index contributed by atoms with van der Waals surface area (Å²) in [6.45, 7) is 4.80. The van der Waals surface area contributed by atoms with Crippen molar-refractivity contribution in [1.82, 2.24) is 21.3 Å². The molecule has 2 aromatic rings. The van der Waals surface area contributed by atoms with Gasteiger partial charge in [-0.15, -0.1) is 0 Å². The van der Waals surface area contributed by atoms with Gasteiger partial charge in [-0.25, -0.2) is 0 Å². The Kier molecular flexibility index (Phi) is 17.8. The molecule has 2 rings (SSSR count). The molecule has 0 heterocycles. The zero-order chi connectivity index (χ0) is 43.1. The average molecular weight is 841 g/mol. The molecule has 0 spiro atoms. The number of carbonyl (C=O) groups is 6. The summed E-state index contributed by atoms with van der Waals surface area (Å²) in [5.41, 5.74) is 16.5. The van der Waals surface area contributed by atoms with Crippen LogP contribution in [-0.4, -0.2) is 98.7 Å². The van der Waals surface area contributed by atoms with E-state index in [9.17, 15) is 50.7 Å². The first-order chi connectivity index (χ1) is 26.5. The number of primary amides is 1. The van der Waals surface area contributed by atoms with Gasteiger partial charge in [0.25, 0.3) is 10.1 Å². The van der Waals surface area contributed by atoms with Crippen LogP contribution < -0.4 is 42.7 Å². The van der Waals surface area contributed by atoms with E-state index in [0.717, 1.165) is 31.2 Å². The summed E-state index contributed by atoms with van der Waals surface area (Å²) in [6, 6.07) is 3.53. The number of carboxylic acid groups (broad SMARTS) is 1. The first-order valence-corrected chi connectivity index (χ1v) is 20.2. The van der Waals surface area contributed by atoms with Gasteiger partial charge in [-0.05, 0) is 73.6 Å². The van der Waals surface area contributed by atoms with E-state index in [0.29, 0.717) is 5.56 Å². The molecule has 0 saturated heterocycles. The highest BCUT2D eigenvalue weighted by molar-refractivity contribution is 7.87. The molecule has 0 bridgehead atoms. The maximum atomic E-state index is 13.9. The molecule has 5 amide bonds. The fourth-order valence-electron chi connectivity index (χ4n) is 5.17. The number of rotatable bonds is 23. The first kappa shape index (κ1) is 47.3. The van der Waals surface area contributed by atoms with E-state index in [2.05, 4.69) is 26.3 Å². The second-order valence-corrected chi connectivity index (χ2v) is 16.1. The highest BCUT2D eigenvalue weighted by Crippen LogP contribution is 2.21. The number of carbonyl (C=O) groups excluding carboxylic acids is 5. The third-order valence-corrected chi connectivity index (χ3v) is 10.0. The summed E-state index contributed by atoms with van der Waals surface area (Å²) in [5.74, 6) is -5.86. The van der Waals surface area contributed by atoms with Crippen molar-refractivity contribution >= 4 is 61.7 Å². The van der Waals surface area contributed by atoms with Crippen LogP contribution in [0.25, 0.3) is 0 Å². The van der Waals surface area contributed by atoms with Crippen molar-refractivity contribution in [1.29, 1.82) is 0 Å². The number of carboxylic acids is 1. The van der Waals surface area contributed by atoms with Crippen LogP contribution in [0.5, 0.6) is 5.75 Å². The van der Waals surface area contributed by atoms with Gasteiger partial charge in [0.1, 0.15) is 34.8 Å².